The Labute approximate surface area is 68.0 Å². The van der Waals surface area contributed by atoms with Crippen LogP contribution in [0.5, 0.6) is 0 Å². The molecule has 1 aliphatic heterocycles. The Morgan fingerprint density at radius 2 is 2.09 bits per heavy atom. The third-order valence-corrected chi connectivity index (χ3v) is 0.873. The van der Waals surface area contributed by atoms with Gasteiger partial charge in [-0.2, -0.15) is 0 Å². The lowest BCUT2D eigenvalue weighted by Crippen LogP contribution is -1.94. The van der Waals surface area contributed by atoms with Crippen LogP contribution in [-0.4, -0.2) is 39.9 Å². The molecule has 0 radical (unpaired) electrons. The lowest BCUT2D eigenvalue weighted by atomic mass is 10.5. The van der Waals surface area contributed by atoms with E-state index in [1.165, 1.54) is 7.11 Å². The zero-order valence-corrected chi connectivity index (χ0v) is 6.29. The summed E-state index contributed by atoms with van der Waals surface area (Å²) in [5.74, 6) is 0. The van der Waals surface area contributed by atoms with Gasteiger partial charge >= 0.3 is 0 Å². The van der Waals surface area contributed by atoms with Crippen LogP contribution in [0.15, 0.2) is 0 Å². The van der Waals surface area contributed by atoms with E-state index >= 15 is 0 Å². The molecule has 1 saturated heterocycles. The predicted octanol–water partition coefficient (Wildman–Crippen LogP) is 0.908. The smallest absolute Gasteiger partial charge is 0.166 e. The number of epoxide rings is 1. The average molecular weight is 163 g/mol. The second-order valence-electron chi connectivity index (χ2n) is 1.76. The van der Waals surface area contributed by atoms with E-state index in [2.05, 4.69) is 4.74 Å². The maximum atomic E-state index is 6.10. The summed E-state index contributed by atoms with van der Waals surface area (Å²) >= 11 is 0. The van der Waals surface area contributed by atoms with Crippen LogP contribution in [-0.2, 0) is 14.2 Å². The van der Waals surface area contributed by atoms with Gasteiger partial charge < -0.3 is 14.2 Å². The van der Waals surface area contributed by atoms with Gasteiger partial charge in [-0.15, -0.1) is 0 Å². The molecule has 4 heteroatoms. The summed E-state index contributed by atoms with van der Waals surface area (Å²) in [6.45, 7) is 1.66. The average Bonchev–Trinajstić information content (AvgIpc) is 2.74. The third-order valence-electron chi connectivity index (χ3n) is 0.873. The van der Waals surface area contributed by atoms with Crippen molar-refractivity contribution in [3.8, 4) is 0 Å². The Bertz CT molecular complexity index is 83.8. The minimum absolute atomic E-state index is 0. The Morgan fingerprint density at radius 3 is 2.18 bits per heavy atom. The largest absolute Gasteiger partial charge is 0.487 e. The molecule has 11 heavy (non-hydrogen) atoms. The van der Waals surface area contributed by atoms with E-state index in [0.717, 1.165) is 19.6 Å². The molecule has 1 fully saturated rings. The molecule has 0 amide bonds. The molecule has 1 unspecified atom stereocenters. The maximum absolute atomic E-state index is 6.10. The fraction of sp³-hybridized carbons (Fsp3) is 0.857. The number of nitrogens with one attached hydrogen (secondary N) is 1. The van der Waals surface area contributed by atoms with Crippen LogP contribution in [0.2, 0.25) is 0 Å². The Morgan fingerprint density at radius 1 is 1.64 bits per heavy atom. The van der Waals surface area contributed by atoms with Gasteiger partial charge in [0.2, 0.25) is 0 Å². The second kappa shape index (κ2) is 9.39. The molecule has 1 N–H and O–H groups in total. The van der Waals surface area contributed by atoms with Crippen molar-refractivity contribution in [1.82, 2.24) is 0 Å². The minimum Gasteiger partial charge on any atom is -0.487 e. The van der Waals surface area contributed by atoms with Crippen molar-refractivity contribution in [2.75, 3.05) is 27.4 Å². The number of ether oxygens (including phenoxy) is 3. The van der Waals surface area contributed by atoms with Crippen LogP contribution in [0.25, 0.3) is 0 Å². The normalized spacial score (nSPS) is 18.5. The standard InChI is InChI=1S/C4H8O2.C2H5NO.CH4/c1-5-2-4-3-6-4;1-4-2-3;/h4H,2-3H2,1H3;2-3H,1H3;1H4. The van der Waals surface area contributed by atoms with E-state index in [-0.39, 0.29) is 7.43 Å². The molecule has 0 aromatic heterocycles. The van der Waals surface area contributed by atoms with Gasteiger partial charge in [0.1, 0.15) is 6.10 Å². The molecule has 0 saturated carbocycles. The van der Waals surface area contributed by atoms with Crippen molar-refractivity contribution in [3.63, 3.8) is 0 Å². The van der Waals surface area contributed by atoms with Gasteiger partial charge in [-0.3, -0.25) is 5.41 Å². The zero-order chi connectivity index (χ0) is 7.82. The van der Waals surface area contributed by atoms with Crippen molar-refractivity contribution < 1.29 is 14.2 Å². The first-order valence-corrected chi connectivity index (χ1v) is 2.97. The molecule has 0 bridgehead atoms. The van der Waals surface area contributed by atoms with Gasteiger partial charge in [0, 0.05) is 7.11 Å². The van der Waals surface area contributed by atoms with Gasteiger partial charge in [0.15, 0.2) is 6.40 Å². The fourth-order valence-corrected chi connectivity index (χ4v) is 0.350. The molecule has 0 aromatic carbocycles. The van der Waals surface area contributed by atoms with E-state index in [4.69, 9.17) is 14.9 Å². The summed E-state index contributed by atoms with van der Waals surface area (Å²) in [4.78, 5) is 0. The van der Waals surface area contributed by atoms with E-state index < -0.39 is 0 Å². The van der Waals surface area contributed by atoms with Crippen molar-refractivity contribution in [2.45, 2.75) is 13.5 Å². The Hall–Kier alpha value is -0.610. The topological polar surface area (TPSA) is 54.8 Å². The number of rotatable bonds is 3. The summed E-state index contributed by atoms with van der Waals surface area (Å²) in [6.07, 6.45) is 1.30. The molecular weight excluding hydrogens is 146 g/mol. The van der Waals surface area contributed by atoms with Gasteiger partial charge in [-0.25, -0.2) is 0 Å². The number of hydrogen-bond donors (Lipinski definition) is 1. The third kappa shape index (κ3) is 12.6. The molecule has 0 aromatic rings. The minimum atomic E-state index is 0. The van der Waals surface area contributed by atoms with Crippen molar-refractivity contribution in [2.24, 2.45) is 0 Å². The highest BCUT2D eigenvalue weighted by molar-refractivity contribution is 5.40. The van der Waals surface area contributed by atoms with Gasteiger partial charge in [-0.05, 0) is 0 Å². The summed E-state index contributed by atoms with van der Waals surface area (Å²) in [6, 6.07) is 0. The van der Waals surface area contributed by atoms with E-state index in [1.54, 1.807) is 7.11 Å². The molecular formula is C7H17NO3. The lowest BCUT2D eigenvalue weighted by molar-refractivity contribution is 0.171. The SMILES string of the molecule is C.COC=N.COCC1CO1. The maximum Gasteiger partial charge on any atom is 0.166 e. The van der Waals surface area contributed by atoms with Crippen molar-refractivity contribution in [1.29, 1.82) is 5.41 Å². The van der Waals surface area contributed by atoms with E-state index in [0.29, 0.717) is 6.10 Å². The monoisotopic (exact) mass is 163 g/mol. The van der Waals surface area contributed by atoms with Gasteiger partial charge in [0.05, 0.1) is 20.3 Å². The van der Waals surface area contributed by atoms with Crippen LogP contribution >= 0.6 is 0 Å². The van der Waals surface area contributed by atoms with Crippen molar-refractivity contribution >= 4 is 6.40 Å². The first-order valence-electron chi connectivity index (χ1n) is 2.97. The van der Waals surface area contributed by atoms with Crippen LogP contribution in [0.1, 0.15) is 7.43 Å². The fourth-order valence-electron chi connectivity index (χ4n) is 0.350. The Balaban J connectivity index is 0. The molecule has 4 nitrogen and oxygen atoms in total. The molecule has 68 valence electrons. The number of methoxy groups -OCH3 is 2. The lowest BCUT2D eigenvalue weighted by Gasteiger charge is -1.84. The first-order chi connectivity index (χ1) is 4.85. The van der Waals surface area contributed by atoms with Gasteiger partial charge in [-0.1, -0.05) is 7.43 Å². The van der Waals surface area contributed by atoms with E-state index in [9.17, 15) is 0 Å². The molecule has 1 rings (SSSR count). The number of hydrogen-bond acceptors (Lipinski definition) is 4. The quantitative estimate of drug-likeness (QED) is 0.382. The van der Waals surface area contributed by atoms with Crippen LogP contribution in [0.4, 0.5) is 0 Å². The van der Waals surface area contributed by atoms with Crippen molar-refractivity contribution in [3.05, 3.63) is 0 Å². The second-order valence-corrected chi connectivity index (χ2v) is 1.76. The predicted molar refractivity (Wildman–Crippen MR) is 44.1 cm³/mol. The summed E-state index contributed by atoms with van der Waals surface area (Å²) in [5, 5.41) is 6.10. The summed E-state index contributed by atoms with van der Waals surface area (Å²) in [7, 11) is 3.12. The molecule has 1 atom stereocenters. The van der Waals surface area contributed by atoms with Gasteiger partial charge in [0.25, 0.3) is 0 Å². The highest BCUT2D eigenvalue weighted by Gasteiger charge is 2.21. The highest BCUT2D eigenvalue weighted by atomic mass is 16.6. The summed E-state index contributed by atoms with van der Waals surface area (Å²) < 4.78 is 13.6. The highest BCUT2D eigenvalue weighted by Crippen LogP contribution is 2.06. The molecule has 0 aliphatic carbocycles. The van der Waals surface area contributed by atoms with Crippen LogP contribution in [0.3, 0.4) is 0 Å². The summed E-state index contributed by atoms with van der Waals surface area (Å²) in [5.41, 5.74) is 0. The van der Waals surface area contributed by atoms with Crippen LogP contribution < -0.4 is 0 Å². The molecule has 1 heterocycles. The van der Waals surface area contributed by atoms with Crippen LogP contribution in [0, 0.1) is 5.41 Å². The first kappa shape index (κ1) is 13.0. The molecule has 1 aliphatic rings. The molecule has 0 spiro atoms. The Kier molecular flexibility index (Phi) is 11.1. The zero-order valence-electron chi connectivity index (χ0n) is 6.29. The van der Waals surface area contributed by atoms with E-state index in [1.807, 2.05) is 0 Å².